The molecule has 0 saturated carbocycles. The standard InChI is InChI=1S/C17H25NO3/c1-6-11-21-13(4)17(19)18-16(12(2)3)14-7-9-15(20-5)10-8-14/h6-10,12-13,16H,1,11H2,2-5H3,(H,18,19)/t13-,16+/m0/s1. The average molecular weight is 291 g/mol. The van der Waals surface area contributed by atoms with Crippen molar-refractivity contribution in [2.45, 2.75) is 32.9 Å². The first-order chi connectivity index (χ1) is 9.99. The summed E-state index contributed by atoms with van der Waals surface area (Å²) >= 11 is 0. The van der Waals surface area contributed by atoms with Crippen LogP contribution in [0.5, 0.6) is 5.75 Å². The molecule has 0 aliphatic heterocycles. The Morgan fingerprint density at radius 1 is 1.29 bits per heavy atom. The van der Waals surface area contributed by atoms with E-state index in [9.17, 15) is 4.79 Å². The Hall–Kier alpha value is -1.81. The summed E-state index contributed by atoms with van der Waals surface area (Å²) in [5, 5.41) is 3.04. The van der Waals surface area contributed by atoms with Gasteiger partial charge in [0.25, 0.3) is 0 Å². The van der Waals surface area contributed by atoms with Crippen molar-refractivity contribution in [1.29, 1.82) is 0 Å². The molecule has 4 heteroatoms. The van der Waals surface area contributed by atoms with E-state index in [1.165, 1.54) is 0 Å². The largest absolute Gasteiger partial charge is 0.497 e. The fourth-order valence-electron chi connectivity index (χ4n) is 2.00. The highest BCUT2D eigenvalue weighted by Gasteiger charge is 2.21. The predicted octanol–water partition coefficient (Wildman–Crippen LogP) is 3.10. The summed E-state index contributed by atoms with van der Waals surface area (Å²) in [6, 6.07) is 7.68. The second-order valence-corrected chi connectivity index (χ2v) is 5.27. The third-order valence-electron chi connectivity index (χ3n) is 3.27. The highest BCUT2D eigenvalue weighted by molar-refractivity contribution is 5.80. The molecule has 0 saturated heterocycles. The minimum absolute atomic E-state index is 0.0572. The lowest BCUT2D eigenvalue weighted by atomic mass is 9.95. The molecule has 1 aromatic carbocycles. The Morgan fingerprint density at radius 3 is 2.38 bits per heavy atom. The molecule has 0 heterocycles. The normalized spacial score (nSPS) is 13.6. The van der Waals surface area contributed by atoms with E-state index in [0.29, 0.717) is 6.61 Å². The molecule has 0 bridgehead atoms. The number of hydrogen-bond donors (Lipinski definition) is 1. The third-order valence-corrected chi connectivity index (χ3v) is 3.27. The van der Waals surface area contributed by atoms with Crippen molar-refractivity contribution >= 4 is 5.91 Å². The number of amides is 1. The van der Waals surface area contributed by atoms with Gasteiger partial charge in [-0.15, -0.1) is 6.58 Å². The van der Waals surface area contributed by atoms with Crippen molar-refractivity contribution in [2.75, 3.05) is 13.7 Å². The van der Waals surface area contributed by atoms with Crippen LogP contribution in [0.15, 0.2) is 36.9 Å². The number of methoxy groups -OCH3 is 1. The van der Waals surface area contributed by atoms with Crippen LogP contribution in [0.3, 0.4) is 0 Å². The lowest BCUT2D eigenvalue weighted by molar-refractivity contribution is -0.132. The van der Waals surface area contributed by atoms with Gasteiger partial charge in [0, 0.05) is 0 Å². The molecule has 1 rings (SSSR count). The Bertz CT molecular complexity index is 454. The number of carbonyl (C=O) groups excluding carboxylic acids is 1. The van der Waals surface area contributed by atoms with Crippen LogP contribution in [0.2, 0.25) is 0 Å². The topological polar surface area (TPSA) is 47.6 Å². The molecule has 1 amide bonds. The fourth-order valence-corrected chi connectivity index (χ4v) is 2.00. The summed E-state index contributed by atoms with van der Waals surface area (Å²) < 4.78 is 10.5. The minimum Gasteiger partial charge on any atom is -0.497 e. The lowest BCUT2D eigenvalue weighted by Gasteiger charge is -2.25. The summed E-state index contributed by atoms with van der Waals surface area (Å²) in [6.45, 7) is 9.83. The molecule has 21 heavy (non-hydrogen) atoms. The second kappa shape index (κ2) is 8.47. The van der Waals surface area contributed by atoms with Crippen LogP contribution in [-0.2, 0) is 9.53 Å². The maximum Gasteiger partial charge on any atom is 0.249 e. The molecular weight excluding hydrogens is 266 g/mol. The summed E-state index contributed by atoms with van der Waals surface area (Å²) in [5.74, 6) is 0.954. The van der Waals surface area contributed by atoms with Crippen LogP contribution in [0.1, 0.15) is 32.4 Å². The van der Waals surface area contributed by atoms with Crippen molar-refractivity contribution in [2.24, 2.45) is 5.92 Å². The summed E-state index contributed by atoms with van der Waals surface area (Å²) in [4.78, 5) is 12.2. The first-order valence-electron chi connectivity index (χ1n) is 7.16. The zero-order valence-corrected chi connectivity index (χ0v) is 13.3. The molecule has 1 aromatic rings. The molecule has 1 N–H and O–H groups in total. The molecule has 0 aromatic heterocycles. The predicted molar refractivity (Wildman–Crippen MR) is 84.3 cm³/mol. The Labute approximate surface area is 127 Å². The van der Waals surface area contributed by atoms with Crippen molar-refractivity contribution in [3.8, 4) is 5.75 Å². The van der Waals surface area contributed by atoms with Gasteiger partial charge in [-0.3, -0.25) is 4.79 Å². The van der Waals surface area contributed by atoms with Gasteiger partial charge in [0.1, 0.15) is 11.9 Å². The SMILES string of the molecule is C=CCO[C@@H](C)C(=O)N[C@@H](c1ccc(OC)cc1)C(C)C. The maximum atomic E-state index is 12.2. The zero-order chi connectivity index (χ0) is 15.8. The van der Waals surface area contributed by atoms with E-state index < -0.39 is 6.10 Å². The Kier molecular flexibility index (Phi) is 6.96. The number of hydrogen-bond acceptors (Lipinski definition) is 3. The molecule has 0 aliphatic carbocycles. The van der Waals surface area contributed by atoms with Gasteiger partial charge in [-0.2, -0.15) is 0 Å². The van der Waals surface area contributed by atoms with E-state index in [0.717, 1.165) is 11.3 Å². The van der Waals surface area contributed by atoms with Crippen LogP contribution in [0, 0.1) is 5.92 Å². The number of benzene rings is 1. The van der Waals surface area contributed by atoms with E-state index in [-0.39, 0.29) is 17.9 Å². The van der Waals surface area contributed by atoms with E-state index in [2.05, 4.69) is 25.7 Å². The molecular formula is C17H25NO3. The first kappa shape index (κ1) is 17.2. The van der Waals surface area contributed by atoms with Gasteiger partial charge in [0.05, 0.1) is 19.8 Å². The molecule has 0 spiro atoms. The third kappa shape index (κ3) is 5.23. The number of ether oxygens (including phenoxy) is 2. The van der Waals surface area contributed by atoms with Gasteiger partial charge in [0.15, 0.2) is 0 Å². The number of rotatable bonds is 8. The summed E-state index contributed by atoms with van der Waals surface area (Å²) in [5.41, 5.74) is 1.05. The number of nitrogens with one attached hydrogen (secondary N) is 1. The van der Waals surface area contributed by atoms with Gasteiger partial charge in [-0.25, -0.2) is 0 Å². The molecule has 2 atom stereocenters. The van der Waals surface area contributed by atoms with Crippen LogP contribution < -0.4 is 10.1 Å². The van der Waals surface area contributed by atoms with Crippen molar-refractivity contribution in [3.63, 3.8) is 0 Å². The van der Waals surface area contributed by atoms with E-state index in [1.807, 2.05) is 24.3 Å². The average Bonchev–Trinajstić information content (AvgIpc) is 2.49. The van der Waals surface area contributed by atoms with Gasteiger partial charge in [-0.05, 0) is 30.5 Å². The molecule has 116 valence electrons. The molecule has 0 fully saturated rings. The van der Waals surface area contributed by atoms with Crippen LogP contribution in [0.25, 0.3) is 0 Å². The summed E-state index contributed by atoms with van der Waals surface area (Å²) in [6.07, 6.45) is 1.13. The zero-order valence-electron chi connectivity index (χ0n) is 13.3. The van der Waals surface area contributed by atoms with Crippen molar-refractivity contribution < 1.29 is 14.3 Å². The van der Waals surface area contributed by atoms with E-state index in [1.54, 1.807) is 20.1 Å². The lowest BCUT2D eigenvalue weighted by Crippen LogP contribution is -2.39. The number of carbonyl (C=O) groups is 1. The molecule has 0 radical (unpaired) electrons. The van der Waals surface area contributed by atoms with Gasteiger partial charge < -0.3 is 14.8 Å². The highest BCUT2D eigenvalue weighted by Crippen LogP contribution is 2.24. The van der Waals surface area contributed by atoms with Gasteiger partial charge >= 0.3 is 0 Å². The molecule has 4 nitrogen and oxygen atoms in total. The highest BCUT2D eigenvalue weighted by atomic mass is 16.5. The van der Waals surface area contributed by atoms with E-state index >= 15 is 0 Å². The Morgan fingerprint density at radius 2 is 1.90 bits per heavy atom. The van der Waals surface area contributed by atoms with Gasteiger partial charge in [-0.1, -0.05) is 32.1 Å². The fraction of sp³-hybridized carbons (Fsp3) is 0.471. The Balaban J connectivity index is 2.77. The van der Waals surface area contributed by atoms with Crippen LogP contribution in [0.4, 0.5) is 0 Å². The molecule has 0 unspecified atom stereocenters. The minimum atomic E-state index is -0.498. The van der Waals surface area contributed by atoms with Crippen molar-refractivity contribution in [1.82, 2.24) is 5.32 Å². The van der Waals surface area contributed by atoms with Gasteiger partial charge in [0.2, 0.25) is 5.91 Å². The molecule has 0 aliphatic rings. The summed E-state index contributed by atoms with van der Waals surface area (Å²) in [7, 11) is 1.63. The smallest absolute Gasteiger partial charge is 0.249 e. The quantitative estimate of drug-likeness (QED) is 0.749. The van der Waals surface area contributed by atoms with Crippen LogP contribution >= 0.6 is 0 Å². The maximum absolute atomic E-state index is 12.2. The van der Waals surface area contributed by atoms with E-state index in [4.69, 9.17) is 9.47 Å². The monoisotopic (exact) mass is 291 g/mol. The van der Waals surface area contributed by atoms with Crippen LogP contribution in [-0.4, -0.2) is 25.7 Å². The van der Waals surface area contributed by atoms with Crippen molar-refractivity contribution in [3.05, 3.63) is 42.5 Å². The first-order valence-corrected chi connectivity index (χ1v) is 7.16. The second-order valence-electron chi connectivity index (χ2n) is 5.27.